The molecule has 1 aromatic carbocycles. The van der Waals surface area contributed by atoms with Crippen molar-refractivity contribution in [2.45, 2.75) is 19.9 Å². The molecule has 3 heteroatoms. The molecule has 2 rings (SSSR count). The Kier molecular flexibility index (Phi) is 4.04. The SMILES string of the molecule is CCCNCCn1ccc2c(OC)cccc21. The average molecular weight is 232 g/mol. The summed E-state index contributed by atoms with van der Waals surface area (Å²) in [6.45, 7) is 5.27. The smallest absolute Gasteiger partial charge is 0.128 e. The predicted octanol–water partition coefficient (Wildman–Crippen LogP) is 2.65. The monoisotopic (exact) mass is 232 g/mol. The summed E-state index contributed by atoms with van der Waals surface area (Å²) in [4.78, 5) is 0. The number of nitrogens with one attached hydrogen (secondary N) is 1. The van der Waals surface area contributed by atoms with Crippen LogP contribution in [0, 0.1) is 0 Å². The van der Waals surface area contributed by atoms with Gasteiger partial charge in [0.25, 0.3) is 0 Å². The molecule has 1 aromatic heterocycles. The molecule has 0 spiro atoms. The fraction of sp³-hybridized carbons (Fsp3) is 0.429. The van der Waals surface area contributed by atoms with Gasteiger partial charge >= 0.3 is 0 Å². The number of benzene rings is 1. The molecule has 0 saturated carbocycles. The summed E-state index contributed by atoms with van der Waals surface area (Å²) in [6, 6.07) is 8.30. The summed E-state index contributed by atoms with van der Waals surface area (Å²) in [7, 11) is 1.72. The molecule has 3 nitrogen and oxygen atoms in total. The summed E-state index contributed by atoms with van der Waals surface area (Å²) in [5.41, 5.74) is 1.24. The molecule has 0 unspecified atom stereocenters. The van der Waals surface area contributed by atoms with E-state index in [1.54, 1.807) is 7.11 Å². The van der Waals surface area contributed by atoms with E-state index in [0.717, 1.165) is 25.4 Å². The van der Waals surface area contributed by atoms with Gasteiger partial charge in [0.2, 0.25) is 0 Å². The Morgan fingerprint density at radius 1 is 1.24 bits per heavy atom. The summed E-state index contributed by atoms with van der Waals surface area (Å²) < 4.78 is 7.62. The van der Waals surface area contributed by atoms with E-state index >= 15 is 0 Å². The number of nitrogens with zero attached hydrogens (tertiary/aromatic N) is 1. The lowest BCUT2D eigenvalue weighted by molar-refractivity contribution is 0.420. The van der Waals surface area contributed by atoms with E-state index in [2.05, 4.69) is 35.1 Å². The summed E-state index contributed by atoms with van der Waals surface area (Å²) >= 11 is 0. The van der Waals surface area contributed by atoms with Gasteiger partial charge in [0, 0.05) is 24.7 Å². The largest absolute Gasteiger partial charge is 0.496 e. The minimum atomic E-state index is 0.947. The van der Waals surface area contributed by atoms with Crippen LogP contribution >= 0.6 is 0 Å². The Labute approximate surface area is 102 Å². The second-order valence-electron chi connectivity index (χ2n) is 4.15. The van der Waals surface area contributed by atoms with E-state index in [0.29, 0.717) is 0 Å². The van der Waals surface area contributed by atoms with Gasteiger partial charge in [0.1, 0.15) is 5.75 Å². The Hall–Kier alpha value is -1.48. The van der Waals surface area contributed by atoms with Crippen molar-refractivity contribution in [2.75, 3.05) is 20.2 Å². The highest BCUT2D eigenvalue weighted by atomic mass is 16.5. The molecule has 0 radical (unpaired) electrons. The molecule has 0 atom stereocenters. The average Bonchev–Trinajstić information content (AvgIpc) is 2.78. The van der Waals surface area contributed by atoms with Gasteiger partial charge in [0.05, 0.1) is 12.6 Å². The van der Waals surface area contributed by atoms with Crippen LogP contribution < -0.4 is 10.1 Å². The zero-order chi connectivity index (χ0) is 12.1. The molecule has 92 valence electrons. The van der Waals surface area contributed by atoms with Crippen molar-refractivity contribution in [1.82, 2.24) is 9.88 Å². The van der Waals surface area contributed by atoms with E-state index in [1.165, 1.54) is 17.3 Å². The Bertz CT molecular complexity index is 476. The molecule has 1 heterocycles. The number of hydrogen-bond acceptors (Lipinski definition) is 2. The minimum absolute atomic E-state index is 0.947. The third-order valence-electron chi connectivity index (χ3n) is 2.95. The zero-order valence-electron chi connectivity index (χ0n) is 10.6. The highest BCUT2D eigenvalue weighted by Crippen LogP contribution is 2.25. The maximum absolute atomic E-state index is 5.35. The first-order chi connectivity index (χ1) is 8.36. The Morgan fingerprint density at radius 2 is 2.12 bits per heavy atom. The van der Waals surface area contributed by atoms with Crippen molar-refractivity contribution in [3.05, 3.63) is 30.5 Å². The molecule has 0 bridgehead atoms. The van der Waals surface area contributed by atoms with Crippen LogP contribution in [-0.2, 0) is 6.54 Å². The number of hydrogen-bond donors (Lipinski definition) is 1. The number of aromatic nitrogens is 1. The van der Waals surface area contributed by atoms with Crippen LogP contribution in [0.5, 0.6) is 5.75 Å². The van der Waals surface area contributed by atoms with Gasteiger partial charge in [-0.3, -0.25) is 0 Å². The van der Waals surface area contributed by atoms with Crippen molar-refractivity contribution >= 4 is 10.9 Å². The molecule has 0 aliphatic rings. The second-order valence-corrected chi connectivity index (χ2v) is 4.15. The van der Waals surface area contributed by atoms with E-state index in [1.807, 2.05) is 12.1 Å². The normalized spacial score (nSPS) is 10.9. The summed E-state index contributed by atoms with van der Waals surface area (Å²) in [5, 5.41) is 4.60. The van der Waals surface area contributed by atoms with Crippen LogP contribution in [0.2, 0.25) is 0 Å². The Balaban J connectivity index is 2.13. The van der Waals surface area contributed by atoms with Crippen molar-refractivity contribution < 1.29 is 4.74 Å². The first kappa shape index (κ1) is 12.0. The van der Waals surface area contributed by atoms with Crippen LogP contribution in [-0.4, -0.2) is 24.8 Å². The summed E-state index contributed by atoms with van der Waals surface area (Å²) in [6.07, 6.45) is 3.31. The topological polar surface area (TPSA) is 26.2 Å². The second kappa shape index (κ2) is 5.73. The van der Waals surface area contributed by atoms with Gasteiger partial charge in [-0.15, -0.1) is 0 Å². The molecule has 17 heavy (non-hydrogen) atoms. The first-order valence-corrected chi connectivity index (χ1v) is 6.19. The lowest BCUT2D eigenvalue weighted by Gasteiger charge is -2.07. The summed E-state index contributed by atoms with van der Waals surface area (Å²) in [5.74, 6) is 0.947. The number of rotatable bonds is 6. The van der Waals surface area contributed by atoms with Crippen molar-refractivity contribution in [3.63, 3.8) is 0 Å². The fourth-order valence-electron chi connectivity index (χ4n) is 2.07. The molecule has 2 aromatic rings. The predicted molar refractivity (Wildman–Crippen MR) is 71.7 cm³/mol. The molecule has 0 aliphatic carbocycles. The lowest BCUT2D eigenvalue weighted by atomic mass is 10.2. The van der Waals surface area contributed by atoms with Crippen molar-refractivity contribution in [1.29, 1.82) is 0 Å². The van der Waals surface area contributed by atoms with Crippen molar-refractivity contribution in [3.8, 4) is 5.75 Å². The molecule has 0 saturated heterocycles. The van der Waals surface area contributed by atoms with Gasteiger partial charge in [-0.2, -0.15) is 0 Å². The number of ether oxygens (including phenoxy) is 1. The van der Waals surface area contributed by atoms with Gasteiger partial charge in [0.15, 0.2) is 0 Å². The van der Waals surface area contributed by atoms with Gasteiger partial charge in [-0.1, -0.05) is 13.0 Å². The third kappa shape index (κ3) is 2.61. The first-order valence-electron chi connectivity index (χ1n) is 6.19. The number of fused-ring (bicyclic) bond motifs is 1. The molecule has 0 amide bonds. The van der Waals surface area contributed by atoms with Gasteiger partial charge in [-0.05, 0) is 31.2 Å². The van der Waals surface area contributed by atoms with Crippen LogP contribution in [0.1, 0.15) is 13.3 Å². The maximum atomic E-state index is 5.35. The highest BCUT2D eigenvalue weighted by molar-refractivity contribution is 5.86. The fourth-order valence-corrected chi connectivity index (χ4v) is 2.07. The molecule has 0 fully saturated rings. The third-order valence-corrected chi connectivity index (χ3v) is 2.95. The molecular formula is C14H20N2O. The van der Waals surface area contributed by atoms with Crippen LogP contribution in [0.25, 0.3) is 10.9 Å². The minimum Gasteiger partial charge on any atom is -0.496 e. The van der Waals surface area contributed by atoms with E-state index < -0.39 is 0 Å². The van der Waals surface area contributed by atoms with E-state index in [9.17, 15) is 0 Å². The van der Waals surface area contributed by atoms with Crippen LogP contribution in [0.4, 0.5) is 0 Å². The van der Waals surface area contributed by atoms with E-state index in [-0.39, 0.29) is 0 Å². The molecule has 0 aliphatic heterocycles. The van der Waals surface area contributed by atoms with Crippen molar-refractivity contribution in [2.24, 2.45) is 0 Å². The van der Waals surface area contributed by atoms with Crippen LogP contribution in [0.15, 0.2) is 30.5 Å². The maximum Gasteiger partial charge on any atom is 0.128 e. The quantitative estimate of drug-likeness (QED) is 0.775. The van der Waals surface area contributed by atoms with Gasteiger partial charge in [-0.25, -0.2) is 0 Å². The van der Waals surface area contributed by atoms with E-state index in [4.69, 9.17) is 4.74 Å². The number of methoxy groups -OCH3 is 1. The van der Waals surface area contributed by atoms with Crippen LogP contribution in [0.3, 0.4) is 0 Å². The Morgan fingerprint density at radius 3 is 2.88 bits per heavy atom. The van der Waals surface area contributed by atoms with Gasteiger partial charge < -0.3 is 14.6 Å². The molecule has 1 N–H and O–H groups in total. The zero-order valence-corrected chi connectivity index (χ0v) is 10.6. The standard InChI is InChI=1S/C14H20N2O/c1-3-8-15-9-11-16-10-7-12-13(16)5-4-6-14(12)17-2/h4-7,10,15H,3,8-9,11H2,1-2H3. The molecular weight excluding hydrogens is 212 g/mol. The lowest BCUT2D eigenvalue weighted by Crippen LogP contribution is -2.20. The highest BCUT2D eigenvalue weighted by Gasteiger charge is 2.04.